The van der Waals surface area contributed by atoms with Crippen molar-refractivity contribution in [3.8, 4) is 0 Å². The van der Waals surface area contributed by atoms with Gasteiger partial charge in [0.05, 0.1) is 0 Å². The van der Waals surface area contributed by atoms with E-state index in [9.17, 15) is 14.0 Å². The molecule has 6 heteroatoms. The van der Waals surface area contributed by atoms with Gasteiger partial charge in [-0.2, -0.15) is 0 Å². The van der Waals surface area contributed by atoms with Crippen LogP contribution in [0.3, 0.4) is 0 Å². The smallest absolute Gasteiger partial charge is 0.321 e. The van der Waals surface area contributed by atoms with Gasteiger partial charge in [-0.05, 0) is 55.9 Å². The Bertz CT molecular complexity index is 606. The van der Waals surface area contributed by atoms with Gasteiger partial charge in [0.1, 0.15) is 5.82 Å². The number of piperidine rings is 1. The lowest BCUT2D eigenvalue weighted by Gasteiger charge is -2.32. The lowest BCUT2D eigenvalue weighted by atomic mass is 9.88. The number of hydrogen-bond donors (Lipinski definition) is 2. The predicted molar refractivity (Wildman–Crippen MR) is 99.3 cm³/mol. The second-order valence-electron chi connectivity index (χ2n) is 7.45. The molecule has 0 unspecified atom stereocenters. The molecule has 1 aromatic rings. The van der Waals surface area contributed by atoms with E-state index in [1.165, 1.54) is 31.4 Å². The zero-order chi connectivity index (χ0) is 18.4. The first-order valence-electron chi connectivity index (χ1n) is 9.71. The maximum absolute atomic E-state index is 12.9. The third-order valence-electron chi connectivity index (χ3n) is 5.54. The van der Waals surface area contributed by atoms with Gasteiger partial charge >= 0.3 is 6.03 Å². The van der Waals surface area contributed by atoms with Crippen molar-refractivity contribution in [3.05, 3.63) is 30.1 Å². The normalized spacial score (nSPS) is 19.2. The lowest BCUT2D eigenvalue weighted by molar-refractivity contribution is -0.126. The fraction of sp³-hybridized carbons (Fsp3) is 0.600. The van der Waals surface area contributed by atoms with Crippen LogP contribution >= 0.6 is 0 Å². The summed E-state index contributed by atoms with van der Waals surface area (Å²) in [4.78, 5) is 26.3. The van der Waals surface area contributed by atoms with Crippen LogP contribution < -0.4 is 10.6 Å². The number of nitrogens with zero attached hydrogens (tertiary/aromatic N) is 1. The van der Waals surface area contributed by atoms with E-state index in [2.05, 4.69) is 10.6 Å². The summed E-state index contributed by atoms with van der Waals surface area (Å²) < 4.78 is 12.9. The summed E-state index contributed by atoms with van der Waals surface area (Å²) >= 11 is 0. The van der Waals surface area contributed by atoms with Crippen LogP contribution in [-0.2, 0) is 4.79 Å². The maximum atomic E-state index is 12.9. The largest absolute Gasteiger partial charge is 0.356 e. The molecular weight excluding hydrogens is 333 g/mol. The van der Waals surface area contributed by atoms with E-state index in [0.717, 1.165) is 25.7 Å². The number of carbonyl (C=O) groups is 2. The van der Waals surface area contributed by atoms with Gasteiger partial charge in [-0.15, -0.1) is 0 Å². The molecule has 0 atom stereocenters. The summed E-state index contributed by atoms with van der Waals surface area (Å²) in [6.45, 7) is 2.07. The number of urea groups is 1. The zero-order valence-corrected chi connectivity index (χ0v) is 15.2. The number of benzene rings is 1. The summed E-state index contributed by atoms with van der Waals surface area (Å²) in [5, 5.41) is 5.92. The van der Waals surface area contributed by atoms with E-state index in [1.54, 1.807) is 17.0 Å². The molecule has 1 heterocycles. The van der Waals surface area contributed by atoms with Gasteiger partial charge in [-0.25, -0.2) is 9.18 Å². The standard InChI is InChI=1S/C20H28FN3O2/c21-17-6-8-18(9-7-17)23-20(26)24-12-10-15(11-13-24)14-22-19(25)16-4-2-1-3-5-16/h6-9,15-16H,1-5,10-14H2,(H,22,25)(H,23,26). The third-order valence-corrected chi connectivity index (χ3v) is 5.54. The third kappa shape index (κ3) is 5.19. The first-order valence-corrected chi connectivity index (χ1v) is 9.71. The van der Waals surface area contributed by atoms with Gasteiger partial charge in [-0.1, -0.05) is 19.3 Å². The molecule has 26 heavy (non-hydrogen) atoms. The highest BCUT2D eigenvalue weighted by atomic mass is 19.1. The summed E-state index contributed by atoms with van der Waals surface area (Å²) in [6.07, 6.45) is 7.41. The second-order valence-corrected chi connectivity index (χ2v) is 7.45. The van der Waals surface area contributed by atoms with E-state index >= 15 is 0 Å². The van der Waals surface area contributed by atoms with Crippen molar-refractivity contribution in [1.82, 2.24) is 10.2 Å². The summed E-state index contributed by atoms with van der Waals surface area (Å²) in [5.74, 6) is 0.517. The summed E-state index contributed by atoms with van der Waals surface area (Å²) in [6, 6.07) is 5.62. The number of hydrogen-bond acceptors (Lipinski definition) is 2. The first-order chi connectivity index (χ1) is 12.6. The molecule has 3 rings (SSSR count). The minimum atomic E-state index is -0.320. The Hall–Kier alpha value is -2.11. The predicted octanol–water partition coefficient (Wildman–Crippen LogP) is 3.77. The van der Waals surface area contributed by atoms with Crippen LogP contribution in [0.4, 0.5) is 14.9 Å². The number of amides is 3. The molecule has 0 spiro atoms. The van der Waals surface area contributed by atoms with Crippen molar-refractivity contribution in [2.24, 2.45) is 11.8 Å². The van der Waals surface area contributed by atoms with Crippen molar-refractivity contribution < 1.29 is 14.0 Å². The van der Waals surface area contributed by atoms with E-state index in [-0.39, 0.29) is 23.7 Å². The van der Waals surface area contributed by atoms with Crippen LogP contribution in [0.5, 0.6) is 0 Å². The first kappa shape index (κ1) is 18.7. The molecule has 0 radical (unpaired) electrons. The highest BCUT2D eigenvalue weighted by Crippen LogP contribution is 2.24. The minimum absolute atomic E-state index is 0.152. The monoisotopic (exact) mass is 361 g/mol. The van der Waals surface area contributed by atoms with E-state index < -0.39 is 0 Å². The van der Waals surface area contributed by atoms with Crippen LogP contribution in [0.2, 0.25) is 0 Å². The molecule has 1 saturated carbocycles. The molecule has 5 nitrogen and oxygen atoms in total. The van der Waals surface area contributed by atoms with Crippen molar-refractivity contribution in [3.63, 3.8) is 0 Å². The molecule has 1 aromatic carbocycles. The highest BCUT2D eigenvalue weighted by Gasteiger charge is 2.25. The molecule has 2 fully saturated rings. The van der Waals surface area contributed by atoms with Gasteiger partial charge in [-0.3, -0.25) is 4.79 Å². The Morgan fingerprint density at radius 1 is 1.00 bits per heavy atom. The van der Waals surface area contributed by atoms with E-state index in [1.807, 2.05) is 0 Å². The fourth-order valence-corrected chi connectivity index (χ4v) is 3.83. The zero-order valence-electron chi connectivity index (χ0n) is 15.2. The van der Waals surface area contributed by atoms with E-state index in [4.69, 9.17) is 0 Å². The Labute approximate surface area is 154 Å². The number of anilines is 1. The fourth-order valence-electron chi connectivity index (χ4n) is 3.83. The van der Waals surface area contributed by atoms with E-state index in [0.29, 0.717) is 31.2 Å². The molecule has 142 valence electrons. The van der Waals surface area contributed by atoms with Gasteiger partial charge < -0.3 is 15.5 Å². The van der Waals surface area contributed by atoms with Crippen LogP contribution in [0.15, 0.2) is 24.3 Å². The number of nitrogens with one attached hydrogen (secondary N) is 2. The molecule has 2 aliphatic rings. The van der Waals surface area contributed by atoms with Crippen LogP contribution in [-0.4, -0.2) is 36.5 Å². The SMILES string of the molecule is O=C(NCC1CCN(C(=O)Nc2ccc(F)cc2)CC1)C1CCCCC1. The molecule has 2 N–H and O–H groups in total. The van der Waals surface area contributed by atoms with Crippen molar-refractivity contribution in [2.75, 3.05) is 25.0 Å². The molecule has 1 aliphatic carbocycles. The average molecular weight is 361 g/mol. The van der Waals surface area contributed by atoms with Crippen molar-refractivity contribution >= 4 is 17.6 Å². The van der Waals surface area contributed by atoms with Gasteiger partial charge in [0.25, 0.3) is 0 Å². The Balaban J connectivity index is 1.37. The number of likely N-dealkylation sites (tertiary alicyclic amines) is 1. The topological polar surface area (TPSA) is 61.4 Å². The Morgan fingerprint density at radius 2 is 1.65 bits per heavy atom. The number of rotatable bonds is 4. The Morgan fingerprint density at radius 3 is 2.31 bits per heavy atom. The lowest BCUT2D eigenvalue weighted by Crippen LogP contribution is -2.44. The maximum Gasteiger partial charge on any atom is 0.321 e. The van der Waals surface area contributed by atoms with Crippen LogP contribution in [0, 0.1) is 17.7 Å². The van der Waals surface area contributed by atoms with Gasteiger partial charge in [0.15, 0.2) is 0 Å². The van der Waals surface area contributed by atoms with Crippen LogP contribution in [0.25, 0.3) is 0 Å². The second kappa shape index (κ2) is 9.01. The molecular formula is C20H28FN3O2. The molecule has 1 saturated heterocycles. The summed E-state index contributed by atoms with van der Waals surface area (Å²) in [7, 11) is 0. The highest BCUT2D eigenvalue weighted by molar-refractivity contribution is 5.89. The van der Waals surface area contributed by atoms with Crippen molar-refractivity contribution in [2.45, 2.75) is 44.9 Å². The van der Waals surface area contributed by atoms with Crippen molar-refractivity contribution in [1.29, 1.82) is 0 Å². The molecule has 0 aromatic heterocycles. The molecule has 3 amide bonds. The Kier molecular flexibility index (Phi) is 6.47. The number of carbonyl (C=O) groups excluding carboxylic acids is 2. The average Bonchev–Trinajstić information content (AvgIpc) is 2.69. The quantitative estimate of drug-likeness (QED) is 0.858. The van der Waals surface area contributed by atoms with Gasteiger partial charge in [0.2, 0.25) is 5.91 Å². The summed E-state index contributed by atoms with van der Waals surface area (Å²) in [5.41, 5.74) is 0.596. The molecule has 1 aliphatic heterocycles. The number of halogens is 1. The molecule has 0 bridgehead atoms. The minimum Gasteiger partial charge on any atom is -0.356 e. The van der Waals surface area contributed by atoms with Crippen LogP contribution in [0.1, 0.15) is 44.9 Å². The van der Waals surface area contributed by atoms with Gasteiger partial charge in [0, 0.05) is 31.2 Å².